The summed E-state index contributed by atoms with van der Waals surface area (Å²) in [6, 6.07) is 13.4. The number of Topliss-reactive ketones (excluding diaryl/α,β-unsaturated/α-hetero) is 1. The average Bonchev–Trinajstić information content (AvgIpc) is 2.50. The fourth-order valence-electron chi connectivity index (χ4n) is 2.60. The molecule has 1 aliphatic rings. The molecular formula is C17H14BrClO2. The van der Waals surface area contributed by atoms with Crippen LogP contribution in [0.2, 0.25) is 5.02 Å². The van der Waals surface area contributed by atoms with Crippen LogP contribution in [-0.4, -0.2) is 12.4 Å². The van der Waals surface area contributed by atoms with Gasteiger partial charge < -0.3 is 4.74 Å². The summed E-state index contributed by atoms with van der Waals surface area (Å²) in [6.07, 6.45) is 1.11. The highest BCUT2D eigenvalue weighted by Gasteiger charge is 2.23. The van der Waals surface area contributed by atoms with Crippen molar-refractivity contribution in [3.05, 3.63) is 68.7 Å². The summed E-state index contributed by atoms with van der Waals surface area (Å²) in [6.45, 7) is 0.666. The van der Waals surface area contributed by atoms with Gasteiger partial charge in [-0.15, -0.1) is 0 Å². The monoisotopic (exact) mass is 364 g/mol. The van der Waals surface area contributed by atoms with Gasteiger partial charge in [0.1, 0.15) is 0 Å². The van der Waals surface area contributed by atoms with E-state index in [1.807, 2.05) is 18.2 Å². The van der Waals surface area contributed by atoms with Crippen LogP contribution in [0, 0.1) is 0 Å². The minimum atomic E-state index is -0.156. The molecule has 2 aromatic rings. The van der Waals surface area contributed by atoms with E-state index in [0.29, 0.717) is 23.6 Å². The molecule has 1 heterocycles. The molecule has 4 heteroatoms. The van der Waals surface area contributed by atoms with Gasteiger partial charge in [0.2, 0.25) is 0 Å². The Balaban J connectivity index is 1.81. The van der Waals surface area contributed by atoms with Gasteiger partial charge in [0.25, 0.3) is 0 Å². The van der Waals surface area contributed by atoms with Crippen LogP contribution in [-0.2, 0) is 11.2 Å². The molecule has 0 aromatic heterocycles. The summed E-state index contributed by atoms with van der Waals surface area (Å²) < 4.78 is 6.53. The molecule has 108 valence electrons. The Morgan fingerprint density at radius 3 is 2.90 bits per heavy atom. The lowest BCUT2D eigenvalue weighted by molar-refractivity contribution is 0.0352. The molecule has 21 heavy (non-hydrogen) atoms. The van der Waals surface area contributed by atoms with Gasteiger partial charge in [0.05, 0.1) is 17.7 Å². The smallest absolute Gasteiger partial charge is 0.165 e. The van der Waals surface area contributed by atoms with Crippen molar-refractivity contribution >= 4 is 33.3 Å². The third-order valence-corrected chi connectivity index (χ3v) is 4.92. The number of ketones is 1. The second-order valence-electron chi connectivity index (χ2n) is 5.06. The maximum Gasteiger partial charge on any atom is 0.165 e. The first-order chi connectivity index (χ1) is 10.1. The highest BCUT2D eigenvalue weighted by molar-refractivity contribution is 9.10. The van der Waals surface area contributed by atoms with Crippen molar-refractivity contribution in [1.29, 1.82) is 0 Å². The van der Waals surface area contributed by atoms with Gasteiger partial charge in [-0.25, -0.2) is 0 Å². The van der Waals surface area contributed by atoms with Crippen molar-refractivity contribution in [3.63, 3.8) is 0 Å². The lowest BCUT2D eigenvalue weighted by Gasteiger charge is -2.25. The minimum Gasteiger partial charge on any atom is -0.373 e. The molecule has 1 aliphatic heterocycles. The van der Waals surface area contributed by atoms with E-state index in [2.05, 4.69) is 22.0 Å². The molecule has 0 spiro atoms. The normalized spacial score (nSPS) is 17.3. The van der Waals surface area contributed by atoms with Crippen LogP contribution >= 0.6 is 27.5 Å². The maximum atomic E-state index is 12.4. The number of carbonyl (C=O) groups excluding carboxylic acids is 1. The number of benzene rings is 2. The Hall–Kier alpha value is -1.16. The Morgan fingerprint density at radius 1 is 1.29 bits per heavy atom. The molecular weight excluding hydrogens is 352 g/mol. The molecule has 1 unspecified atom stereocenters. The largest absolute Gasteiger partial charge is 0.373 e. The summed E-state index contributed by atoms with van der Waals surface area (Å²) >= 11 is 9.31. The molecule has 0 saturated heterocycles. The molecule has 0 fully saturated rings. The van der Waals surface area contributed by atoms with Gasteiger partial charge in [-0.05, 0) is 51.7 Å². The first-order valence-corrected chi connectivity index (χ1v) is 8.00. The topological polar surface area (TPSA) is 26.3 Å². The predicted molar refractivity (Wildman–Crippen MR) is 86.9 cm³/mol. The van der Waals surface area contributed by atoms with Gasteiger partial charge in [0, 0.05) is 16.5 Å². The van der Waals surface area contributed by atoms with Crippen LogP contribution in [0.5, 0.6) is 0 Å². The molecule has 2 nitrogen and oxygen atoms in total. The highest BCUT2D eigenvalue weighted by atomic mass is 79.9. The molecule has 0 bridgehead atoms. The van der Waals surface area contributed by atoms with Crippen molar-refractivity contribution in [2.45, 2.75) is 18.9 Å². The van der Waals surface area contributed by atoms with Crippen LogP contribution in [0.1, 0.15) is 34.0 Å². The van der Waals surface area contributed by atoms with Crippen molar-refractivity contribution < 1.29 is 9.53 Å². The summed E-state index contributed by atoms with van der Waals surface area (Å²) in [7, 11) is 0. The summed E-state index contributed by atoms with van der Waals surface area (Å²) in [5.74, 6) is 0.0640. The second kappa shape index (κ2) is 6.30. The van der Waals surface area contributed by atoms with Gasteiger partial charge in [-0.2, -0.15) is 0 Å². The zero-order chi connectivity index (χ0) is 14.8. The van der Waals surface area contributed by atoms with E-state index >= 15 is 0 Å². The maximum absolute atomic E-state index is 12.4. The van der Waals surface area contributed by atoms with Crippen molar-refractivity contribution in [3.8, 4) is 0 Å². The van der Waals surface area contributed by atoms with E-state index in [-0.39, 0.29) is 11.9 Å². The summed E-state index contributed by atoms with van der Waals surface area (Å²) in [5, 5.41) is 0.603. The number of rotatable bonds is 3. The Morgan fingerprint density at radius 2 is 2.10 bits per heavy atom. The van der Waals surface area contributed by atoms with Gasteiger partial charge in [0.15, 0.2) is 5.78 Å². The zero-order valence-corrected chi connectivity index (χ0v) is 13.7. The molecule has 1 atom stereocenters. The Kier molecular flexibility index (Phi) is 4.43. The van der Waals surface area contributed by atoms with Crippen molar-refractivity contribution in [2.24, 2.45) is 0 Å². The van der Waals surface area contributed by atoms with E-state index in [0.717, 1.165) is 16.5 Å². The SMILES string of the molecule is O=C(CC1OCCc2ccccc21)c1ccc(Cl)c(Br)c1. The fraction of sp³-hybridized carbons (Fsp3) is 0.235. The predicted octanol–water partition coefficient (Wildman–Crippen LogP) is 4.99. The van der Waals surface area contributed by atoms with Crippen LogP contribution in [0.3, 0.4) is 0 Å². The van der Waals surface area contributed by atoms with Crippen LogP contribution in [0.15, 0.2) is 46.9 Å². The van der Waals surface area contributed by atoms with E-state index in [1.54, 1.807) is 18.2 Å². The van der Waals surface area contributed by atoms with Crippen molar-refractivity contribution in [1.82, 2.24) is 0 Å². The van der Waals surface area contributed by atoms with Gasteiger partial charge >= 0.3 is 0 Å². The number of hydrogen-bond acceptors (Lipinski definition) is 2. The van der Waals surface area contributed by atoms with E-state index in [1.165, 1.54) is 5.56 Å². The number of halogens is 2. The zero-order valence-electron chi connectivity index (χ0n) is 11.3. The number of fused-ring (bicyclic) bond motifs is 1. The molecule has 0 N–H and O–H groups in total. The third kappa shape index (κ3) is 3.20. The van der Waals surface area contributed by atoms with Gasteiger partial charge in [-0.1, -0.05) is 35.9 Å². The molecule has 2 aromatic carbocycles. The Labute approximate surface area is 137 Å². The van der Waals surface area contributed by atoms with Crippen molar-refractivity contribution in [2.75, 3.05) is 6.61 Å². The van der Waals surface area contributed by atoms with E-state index in [4.69, 9.17) is 16.3 Å². The number of carbonyl (C=O) groups is 1. The molecule has 0 aliphatic carbocycles. The average molecular weight is 366 g/mol. The lowest BCUT2D eigenvalue weighted by atomic mass is 9.93. The second-order valence-corrected chi connectivity index (χ2v) is 6.33. The molecule has 0 saturated carbocycles. The quantitative estimate of drug-likeness (QED) is 0.716. The first-order valence-electron chi connectivity index (χ1n) is 6.83. The van der Waals surface area contributed by atoms with Crippen LogP contribution < -0.4 is 0 Å². The summed E-state index contributed by atoms with van der Waals surface area (Å²) in [4.78, 5) is 12.4. The highest BCUT2D eigenvalue weighted by Crippen LogP contribution is 2.31. The fourth-order valence-corrected chi connectivity index (χ4v) is 3.10. The summed E-state index contributed by atoms with van der Waals surface area (Å²) in [5.41, 5.74) is 3.06. The molecule has 0 radical (unpaired) electrons. The standard InChI is InChI=1S/C17H14BrClO2/c18-14-9-12(5-6-15(14)19)16(20)10-17-13-4-2-1-3-11(13)7-8-21-17/h1-6,9,17H,7-8,10H2. The third-order valence-electron chi connectivity index (χ3n) is 3.70. The van der Waals surface area contributed by atoms with Gasteiger partial charge in [-0.3, -0.25) is 4.79 Å². The van der Waals surface area contributed by atoms with E-state index in [9.17, 15) is 4.79 Å². The molecule has 0 amide bonds. The lowest BCUT2D eigenvalue weighted by Crippen LogP contribution is -2.19. The number of hydrogen-bond donors (Lipinski definition) is 0. The Bertz CT molecular complexity index is 684. The first kappa shape index (κ1) is 14.8. The molecule has 3 rings (SSSR count). The van der Waals surface area contributed by atoms with Crippen LogP contribution in [0.25, 0.3) is 0 Å². The number of ether oxygens (including phenoxy) is 1. The minimum absolute atomic E-state index is 0.0640. The van der Waals surface area contributed by atoms with E-state index < -0.39 is 0 Å². The van der Waals surface area contributed by atoms with Crippen LogP contribution in [0.4, 0.5) is 0 Å².